The number of benzene rings is 2. The molecule has 148 valence electrons. The van der Waals surface area contributed by atoms with E-state index in [1.807, 2.05) is 31.2 Å². The number of carbonyl (C=O) groups is 1. The number of rotatable bonds is 8. The normalized spacial score (nSPS) is 10.2. The van der Waals surface area contributed by atoms with Gasteiger partial charge in [0.05, 0.1) is 12.7 Å². The molecular weight excluding hydrogens is 368 g/mol. The lowest BCUT2D eigenvalue weighted by Gasteiger charge is -2.20. The van der Waals surface area contributed by atoms with Crippen molar-refractivity contribution < 1.29 is 18.7 Å². The third kappa shape index (κ3) is 4.96. The first kappa shape index (κ1) is 20.0. The molecule has 0 aliphatic carbocycles. The Hall–Kier alpha value is -3.72. The topological polar surface area (TPSA) is 75.7 Å². The molecule has 2 aromatic carbocycles. The van der Waals surface area contributed by atoms with Crippen LogP contribution >= 0.6 is 0 Å². The number of hydrogen-bond donors (Lipinski definition) is 0. The van der Waals surface area contributed by atoms with Crippen LogP contribution in [0.25, 0.3) is 0 Å². The van der Waals surface area contributed by atoms with Crippen molar-refractivity contribution in [2.24, 2.45) is 0 Å². The Labute approximate surface area is 169 Å². The third-order valence-electron chi connectivity index (χ3n) is 4.45. The number of nitrogens with zero attached hydrogens (tertiary/aromatic N) is 2. The van der Waals surface area contributed by atoms with Crippen LogP contribution < -0.4 is 9.47 Å². The van der Waals surface area contributed by atoms with Gasteiger partial charge in [-0.25, -0.2) is 0 Å². The Kier molecular flexibility index (Phi) is 6.54. The van der Waals surface area contributed by atoms with Crippen LogP contribution in [0, 0.1) is 11.3 Å². The summed E-state index contributed by atoms with van der Waals surface area (Å²) in [6.07, 6.45) is 0. The second kappa shape index (κ2) is 9.47. The van der Waals surface area contributed by atoms with Crippen molar-refractivity contribution in [3.63, 3.8) is 0 Å². The Morgan fingerprint density at radius 3 is 2.55 bits per heavy atom. The van der Waals surface area contributed by atoms with E-state index in [0.717, 1.165) is 11.3 Å². The van der Waals surface area contributed by atoms with Crippen molar-refractivity contribution in [2.45, 2.75) is 20.1 Å². The quantitative estimate of drug-likeness (QED) is 0.570. The van der Waals surface area contributed by atoms with Crippen LogP contribution in [-0.2, 0) is 13.2 Å². The molecule has 0 unspecified atom stereocenters. The fourth-order valence-electron chi connectivity index (χ4n) is 2.84. The summed E-state index contributed by atoms with van der Waals surface area (Å²) in [7, 11) is 1.62. The van der Waals surface area contributed by atoms with Gasteiger partial charge in [0.25, 0.3) is 5.91 Å². The predicted octanol–water partition coefficient (Wildman–Crippen LogP) is 4.40. The smallest absolute Gasteiger partial charge is 0.289 e. The molecule has 1 heterocycles. The molecule has 6 heteroatoms. The third-order valence-corrected chi connectivity index (χ3v) is 4.45. The van der Waals surface area contributed by atoms with E-state index in [-0.39, 0.29) is 18.3 Å². The molecule has 0 saturated carbocycles. The Balaban J connectivity index is 1.64. The van der Waals surface area contributed by atoms with E-state index in [2.05, 4.69) is 6.07 Å². The van der Waals surface area contributed by atoms with Gasteiger partial charge in [0.15, 0.2) is 5.76 Å². The SMILES string of the molecule is CCN(Cc1ccc(OC)cc1)C(=O)c1ccc(COc2ccccc2C#N)o1. The summed E-state index contributed by atoms with van der Waals surface area (Å²) in [5.74, 6) is 1.84. The maximum Gasteiger partial charge on any atom is 0.289 e. The Bertz CT molecular complexity index is 1000. The fraction of sp³-hybridized carbons (Fsp3) is 0.217. The van der Waals surface area contributed by atoms with Crippen LogP contribution in [0.3, 0.4) is 0 Å². The first-order valence-electron chi connectivity index (χ1n) is 9.27. The van der Waals surface area contributed by atoms with Gasteiger partial charge in [-0.1, -0.05) is 24.3 Å². The molecule has 3 rings (SSSR count). The van der Waals surface area contributed by atoms with Gasteiger partial charge in [-0.2, -0.15) is 5.26 Å². The van der Waals surface area contributed by atoms with E-state index in [0.29, 0.717) is 30.2 Å². The molecule has 1 aromatic heterocycles. The van der Waals surface area contributed by atoms with Crippen LogP contribution in [-0.4, -0.2) is 24.5 Å². The summed E-state index contributed by atoms with van der Waals surface area (Å²) < 4.78 is 16.5. The van der Waals surface area contributed by atoms with Crippen molar-refractivity contribution >= 4 is 5.91 Å². The summed E-state index contributed by atoms with van der Waals surface area (Å²) in [5, 5.41) is 9.12. The van der Waals surface area contributed by atoms with Crippen LogP contribution in [0.15, 0.2) is 65.1 Å². The number of furan rings is 1. The van der Waals surface area contributed by atoms with Crippen LogP contribution in [0.4, 0.5) is 0 Å². The van der Waals surface area contributed by atoms with Gasteiger partial charge in [0, 0.05) is 13.1 Å². The minimum absolute atomic E-state index is 0.135. The maximum atomic E-state index is 12.8. The summed E-state index contributed by atoms with van der Waals surface area (Å²) in [6, 6.07) is 20.0. The molecule has 0 bridgehead atoms. The van der Waals surface area contributed by atoms with E-state index in [9.17, 15) is 4.79 Å². The zero-order valence-electron chi connectivity index (χ0n) is 16.4. The number of carbonyl (C=O) groups excluding carboxylic acids is 1. The molecule has 3 aromatic rings. The predicted molar refractivity (Wildman–Crippen MR) is 108 cm³/mol. The second-order valence-corrected chi connectivity index (χ2v) is 6.33. The lowest BCUT2D eigenvalue weighted by atomic mass is 10.2. The standard InChI is InChI=1S/C23H22N2O4/c1-3-25(15-17-8-10-19(27-2)11-9-17)23(26)22-13-12-20(29-22)16-28-21-7-5-4-6-18(21)14-24/h4-13H,3,15-16H2,1-2H3. The first-order valence-corrected chi connectivity index (χ1v) is 9.27. The average Bonchev–Trinajstić information content (AvgIpc) is 3.25. The van der Waals surface area contributed by atoms with Gasteiger partial charge >= 0.3 is 0 Å². The number of para-hydroxylation sites is 1. The minimum Gasteiger partial charge on any atom is -0.497 e. The summed E-state index contributed by atoms with van der Waals surface area (Å²) in [6.45, 7) is 3.08. The number of methoxy groups -OCH3 is 1. The van der Waals surface area contributed by atoms with Crippen molar-refractivity contribution in [3.05, 3.63) is 83.3 Å². The molecule has 0 spiro atoms. The molecule has 1 amide bonds. The van der Waals surface area contributed by atoms with Gasteiger partial charge < -0.3 is 18.8 Å². The summed E-state index contributed by atoms with van der Waals surface area (Å²) in [4.78, 5) is 14.5. The van der Waals surface area contributed by atoms with E-state index in [1.165, 1.54) is 0 Å². The zero-order chi connectivity index (χ0) is 20.6. The van der Waals surface area contributed by atoms with E-state index in [1.54, 1.807) is 48.4 Å². The van der Waals surface area contributed by atoms with Gasteiger partial charge in [-0.3, -0.25) is 4.79 Å². The number of nitriles is 1. The molecule has 0 aliphatic rings. The molecular formula is C23H22N2O4. The largest absolute Gasteiger partial charge is 0.497 e. The average molecular weight is 390 g/mol. The van der Waals surface area contributed by atoms with E-state index in [4.69, 9.17) is 19.2 Å². The van der Waals surface area contributed by atoms with Crippen molar-refractivity contribution in [2.75, 3.05) is 13.7 Å². The van der Waals surface area contributed by atoms with Gasteiger partial charge in [-0.05, 0) is 48.9 Å². The van der Waals surface area contributed by atoms with E-state index < -0.39 is 0 Å². The Morgan fingerprint density at radius 2 is 1.86 bits per heavy atom. The van der Waals surface area contributed by atoms with Crippen molar-refractivity contribution in [1.29, 1.82) is 5.26 Å². The van der Waals surface area contributed by atoms with Gasteiger partial charge in [-0.15, -0.1) is 0 Å². The molecule has 0 saturated heterocycles. The summed E-state index contributed by atoms with van der Waals surface area (Å²) >= 11 is 0. The van der Waals surface area contributed by atoms with Crippen LogP contribution in [0.1, 0.15) is 34.4 Å². The number of ether oxygens (including phenoxy) is 2. The zero-order valence-corrected chi connectivity index (χ0v) is 16.4. The van der Waals surface area contributed by atoms with E-state index >= 15 is 0 Å². The minimum atomic E-state index is -0.188. The lowest BCUT2D eigenvalue weighted by Crippen LogP contribution is -2.30. The molecule has 0 N–H and O–H groups in total. The van der Waals surface area contributed by atoms with Crippen molar-refractivity contribution in [3.8, 4) is 17.6 Å². The Morgan fingerprint density at radius 1 is 1.10 bits per heavy atom. The molecule has 0 radical (unpaired) electrons. The number of hydrogen-bond acceptors (Lipinski definition) is 5. The highest BCUT2D eigenvalue weighted by molar-refractivity contribution is 5.91. The highest BCUT2D eigenvalue weighted by atomic mass is 16.5. The second-order valence-electron chi connectivity index (χ2n) is 6.33. The fourth-order valence-corrected chi connectivity index (χ4v) is 2.84. The summed E-state index contributed by atoms with van der Waals surface area (Å²) in [5.41, 5.74) is 1.45. The molecule has 0 fully saturated rings. The lowest BCUT2D eigenvalue weighted by molar-refractivity contribution is 0.0716. The first-order chi connectivity index (χ1) is 14.1. The molecule has 0 atom stereocenters. The van der Waals surface area contributed by atoms with Gasteiger partial charge in [0.1, 0.15) is 29.9 Å². The molecule has 29 heavy (non-hydrogen) atoms. The maximum absolute atomic E-state index is 12.8. The van der Waals surface area contributed by atoms with Crippen LogP contribution in [0.5, 0.6) is 11.5 Å². The highest BCUT2D eigenvalue weighted by Gasteiger charge is 2.19. The van der Waals surface area contributed by atoms with Crippen molar-refractivity contribution in [1.82, 2.24) is 4.90 Å². The van der Waals surface area contributed by atoms with Gasteiger partial charge in [0.2, 0.25) is 0 Å². The highest BCUT2D eigenvalue weighted by Crippen LogP contribution is 2.20. The molecule has 0 aliphatic heterocycles. The van der Waals surface area contributed by atoms with Crippen LogP contribution in [0.2, 0.25) is 0 Å². The number of amides is 1. The molecule has 6 nitrogen and oxygen atoms in total. The monoisotopic (exact) mass is 390 g/mol.